The summed E-state index contributed by atoms with van der Waals surface area (Å²) in [6.07, 6.45) is 1.28. The molecule has 106 valence electrons. The molecule has 0 spiro atoms. The fourth-order valence-corrected chi connectivity index (χ4v) is 2.12. The number of rotatable bonds is 3. The van der Waals surface area contributed by atoms with Crippen molar-refractivity contribution in [3.8, 4) is 0 Å². The Morgan fingerprint density at radius 3 is 2.86 bits per heavy atom. The molecule has 21 heavy (non-hydrogen) atoms. The Labute approximate surface area is 124 Å². The fourth-order valence-electron chi connectivity index (χ4n) is 1.89. The minimum atomic E-state index is -0.586. The number of carbonyl (C=O) groups excluding carboxylic acids is 1. The number of hydrazine groups is 1. The highest BCUT2D eigenvalue weighted by molar-refractivity contribution is 6.35. The number of pyridine rings is 1. The molecule has 0 saturated heterocycles. The molecule has 0 aliphatic rings. The topological polar surface area (TPSA) is 69.8 Å². The van der Waals surface area contributed by atoms with Crippen LogP contribution < -0.4 is 10.9 Å². The first-order chi connectivity index (χ1) is 10.1. The van der Waals surface area contributed by atoms with Gasteiger partial charge in [-0.1, -0.05) is 23.7 Å². The fraction of sp³-hybridized carbons (Fsp3) is 0. The number of fused-ring (bicyclic) bond motifs is 1. The Morgan fingerprint density at radius 2 is 2.14 bits per heavy atom. The quantitative estimate of drug-likeness (QED) is 0.514. The van der Waals surface area contributed by atoms with Gasteiger partial charge in [-0.05, 0) is 24.3 Å². The van der Waals surface area contributed by atoms with Crippen LogP contribution in [0.2, 0.25) is 5.02 Å². The van der Waals surface area contributed by atoms with E-state index in [2.05, 4.69) is 20.8 Å². The van der Waals surface area contributed by atoms with E-state index in [1.54, 1.807) is 12.1 Å². The molecule has 3 N–H and O–H groups in total. The van der Waals surface area contributed by atoms with Gasteiger partial charge in [-0.3, -0.25) is 15.6 Å². The number of benzene rings is 1. The van der Waals surface area contributed by atoms with E-state index in [-0.39, 0.29) is 5.91 Å². The molecule has 0 unspecified atom stereocenters. The number of para-hydroxylation sites is 1. The lowest BCUT2D eigenvalue weighted by molar-refractivity contribution is 0.0958. The first-order valence-corrected chi connectivity index (χ1v) is 6.46. The second-order valence-electron chi connectivity index (χ2n) is 4.34. The maximum absolute atomic E-state index is 12.7. The van der Waals surface area contributed by atoms with Crippen LogP contribution in [0.5, 0.6) is 0 Å². The lowest BCUT2D eigenvalue weighted by Gasteiger charge is -2.06. The highest BCUT2D eigenvalue weighted by Crippen LogP contribution is 2.23. The highest BCUT2D eigenvalue weighted by atomic mass is 35.5. The summed E-state index contributed by atoms with van der Waals surface area (Å²) < 4.78 is 12.7. The van der Waals surface area contributed by atoms with Crippen molar-refractivity contribution in [2.24, 2.45) is 0 Å². The Balaban J connectivity index is 1.75. The molecule has 2 heterocycles. The monoisotopic (exact) mass is 304 g/mol. The van der Waals surface area contributed by atoms with E-state index >= 15 is 0 Å². The summed E-state index contributed by atoms with van der Waals surface area (Å²) in [5, 5.41) is 1.39. The third-order valence-corrected chi connectivity index (χ3v) is 3.21. The molecule has 1 amide bonds. The van der Waals surface area contributed by atoms with Crippen LogP contribution in [-0.2, 0) is 0 Å². The van der Waals surface area contributed by atoms with Gasteiger partial charge in [0.1, 0.15) is 5.69 Å². The van der Waals surface area contributed by atoms with Crippen molar-refractivity contribution in [1.29, 1.82) is 0 Å². The smallest absolute Gasteiger partial charge is 0.286 e. The second kappa shape index (κ2) is 5.41. The number of hydrogen-bond acceptors (Lipinski definition) is 3. The number of halogens is 2. The molecule has 2 aromatic heterocycles. The van der Waals surface area contributed by atoms with E-state index in [9.17, 15) is 9.18 Å². The maximum Gasteiger partial charge on any atom is 0.286 e. The van der Waals surface area contributed by atoms with Gasteiger partial charge in [-0.15, -0.1) is 0 Å². The van der Waals surface area contributed by atoms with Gasteiger partial charge in [0, 0.05) is 5.39 Å². The van der Waals surface area contributed by atoms with Gasteiger partial charge in [0.2, 0.25) is 5.95 Å². The number of H-pyrrole nitrogens is 1. The van der Waals surface area contributed by atoms with E-state index < -0.39 is 5.95 Å². The van der Waals surface area contributed by atoms with Gasteiger partial charge < -0.3 is 4.98 Å². The van der Waals surface area contributed by atoms with Crippen LogP contribution in [0.4, 0.5) is 10.1 Å². The molecule has 1 aromatic carbocycles. The van der Waals surface area contributed by atoms with E-state index in [0.29, 0.717) is 21.9 Å². The Kier molecular flexibility index (Phi) is 3.45. The minimum Gasteiger partial charge on any atom is -0.349 e. The zero-order valence-electron chi connectivity index (χ0n) is 10.7. The molecule has 3 rings (SSSR count). The van der Waals surface area contributed by atoms with Crippen LogP contribution in [0, 0.1) is 5.95 Å². The molecular weight excluding hydrogens is 295 g/mol. The molecule has 7 heteroatoms. The predicted molar refractivity (Wildman–Crippen MR) is 78.6 cm³/mol. The standard InChI is InChI=1S/C14H10ClFN4O/c15-10-3-1-2-8-6-11(18-13(8)10)14(21)20-19-9-4-5-12(16)17-7-9/h1-7,18-19H,(H,20,21). The van der Waals surface area contributed by atoms with Crippen molar-refractivity contribution in [1.82, 2.24) is 15.4 Å². The third kappa shape index (κ3) is 2.80. The normalized spacial score (nSPS) is 10.6. The molecule has 5 nitrogen and oxygen atoms in total. The summed E-state index contributed by atoms with van der Waals surface area (Å²) in [4.78, 5) is 18.4. The molecular formula is C14H10ClFN4O. The SMILES string of the molecule is O=C(NNc1ccc(F)nc1)c1cc2cccc(Cl)c2[nH]1. The second-order valence-corrected chi connectivity index (χ2v) is 4.74. The number of amides is 1. The van der Waals surface area contributed by atoms with Gasteiger partial charge >= 0.3 is 0 Å². The van der Waals surface area contributed by atoms with Gasteiger partial charge in [0.25, 0.3) is 5.91 Å². The Hall–Kier alpha value is -2.60. The van der Waals surface area contributed by atoms with Crippen molar-refractivity contribution in [3.05, 3.63) is 59.3 Å². The molecule has 0 atom stereocenters. The van der Waals surface area contributed by atoms with Gasteiger partial charge in [-0.25, -0.2) is 4.98 Å². The van der Waals surface area contributed by atoms with Crippen LogP contribution in [0.1, 0.15) is 10.5 Å². The van der Waals surface area contributed by atoms with Crippen LogP contribution >= 0.6 is 11.6 Å². The number of hydrogen-bond donors (Lipinski definition) is 3. The number of nitrogens with one attached hydrogen (secondary N) is 3. The number of aromatic amines is 1. The molecule has 0 radical (unpaired) electrons. The molecule has 0 aliphatic carbocycles. The number of aromatic nitrogens is 2. The predicted octanol–water partition coefficient (Wildman–Crippen LogP) is 3.11. The zero-order chi connectivity index (χ0) is 14.8. The zero-order valence-corrected chi connectivity index (χ0v) is 11.4. The summed E-state index contributed by atoms with van der Waals surface area (Å²) in [5.74, 6) is -0.955. The number of anilines is 1. The maximum atomic E-state index is 12.7. The van der Waals surface area contributed by atoms with Crippen molar-refractivity contribution in [2.45, 2.75) is 0 Å². The number of carbonyl (C=O) groups is 1. The highest BCUT2D eigenvalue weighted by Gasteiger charge is 2.10. The van der Waals surface area contributed by atoms with Crippen molar-refractivity contribution >= 4 is 34.1 Å². The van der Waals surface area contributed by atoms with Crippen LogP contribution in [0.3, 0.4) is 0 Å². The Morgan fingerprint density at radius 1 is 1.29 bits per heavy atom. The van der Waals surface area contributed by atoms with E-state index in [4.69, 9.17) is 11.6 Å². The summed E-state index contributed by atoms with van der Waals surface area (Å²) in [6.45, 7) is 0. The van der Waals surface area contributed by atoms with Gasteiger partial charge in [-0.2, -0.15) is 4.39 Å². The lowest BCUT2D eigenvalue weighted by atomic mass is 10.2. The van der Waals surface area contributed by atoms with Crippen molar-refractivity contribution < 1.29 is 9.18 Å². The Bertz CT molecular complexity index is 800. The van der Waals surface area contributed by atoms with Crippen LogP contribution in [0.25, 0.3) is 10.9 Å². The first kappa shape index (κ1) is 13.4. The molecule has 0 bridgehead atoms. The van der Waals surface area contributed by atoms with Crippen molar-refractivity contribution in [3.63, 3.8) is 0 Å². The first-order valence-electron chi connectivity index (χ1n) is 6.08. The summed E-state index contributed by atoms with van der Waals surface area (Å²) in [6, 6.07) is 9.75. The van der Waals surface area contributed by atoms with Crippen LogP contribution in [-0.4, -0.2) is 15.9 Å². The van der Waals surface area contributed by atoms with Crippen LogP contribution in [0.15, 0.2) is 42.6 Å². The largest absolute Gasteiger partial charge is 0.349 e. The molecule has 0 aliphatic heterocycles. The van der Waals surface area contributed by atoms with E-state index in [1.807, 2.05) is 12.1 Å². The summed E-state index contributed by atoms with van der Waals surface area (Å²) in [5.41, 5.74) is 6.67. The molecule has 0 fully saturated rings. The van der Waals surface area contributed by atoms with E-state index in [1.165, 1.54) is 18.3 Å². The average Bonchev–Trinajstić information content (AvgIpc) is 2.92. The average molecular weight is 305 g/mol. The van der Waals surface area contributed by atoms with Gasteiger partial charge in [0.05, 0.1) is 22.4 Å². The van der Waals surface area contributed by atoms with E-state index in [0.717, 1.165) is 5.39 Å². The van der Waals surface area contributed by atoms with Crippen molar-refractivity contribution in [2.75, 3.05) is 5.43 Å². The number of nitrogens with zero attached hydrogens (tertiary/aromatic N) is 1. The van der Waals surface area contributed by atoms with Gasteiger partial charge in [0.15, 0.2) is 0 Å². The summed E-state index contributed by atoms with van der Waals surface area (Å²) >= 11 is 6.04. The minimum absolute atomic E-state index is 0.362. The molecule has 3 aromatic rings. The third-order valence-electron chi connectivity index (χ3n) is 2.90. The summed E-state index contributed by atoms with van der Waals surface area (Å²) in [7, 11) is 0. The molecule has 0 saturated carbocycles. The lowest BCUT2D eigenvalue weighted by Crippen LogP contribution is -2.29.